The summed E-state index contributed by atoms with van der Waals surface area (Å²) in [6.45, 7) is 15.5. The van der Waals surface area contributed by atoms with Gasteiger partial charge in [0.2, 0.25) is 23.6 Å². The van der Waals surface area contributed by atoms with Gasteiger partial charge >= 0.3 is 11.9 Å². The Morgan fingerprint density at radius 1 is 0.821 bits per heavy atom. The first-order chi connectivity index (χ1) is 26.3. The Hall–Kier alpha value is -4.75. The van der Waals surface area contributed by atoms with Crippen molar-refractivity contribution in [1.82, 2.24) is 25.8 Å². The Kier molecular flexibility index (Phi) is 19.2. The molecule has 1 heterocycles. The highest BCUT2D eigenvalue weighted by Crippen LogP contribution is 2.19. The van der Waals surface area contributed by atoms with Gasteiger partial charge in [0.1, 0.15) is 30.3 Å². The Labute approximate surface area is 332 Å². The van der Waals surface area contributed by atoms with Gasteiger partial charge in [-0.1, -0.05) is 84.4 Å². The van der Waals surface area contributed by atoms with Gasteiger partial charge < -0.3 is 35.2 Å². The van der Waals surface area contributed by atoms with Crippen LogP contribution in [0.2, 0.25) is 0 Å². The highest BCUT2D eigenvalue weighted by molar-refractivity contribution is 5.96. The van der Waals surface area contributed by atoms with E-state index in [9.17, 15) is 33.6 Å². The van der Waals surface area contributed by atoms with Crippen LogP contribution in [0, 0.1) is 17.8 Å². The summed E-state index contributed by atoms with van der Waals surface area (Å²) in [7, 11) is 2.89. The molecule has 312 valence electrons. The van der Waals surface area contributed by atoms with E-state index in [1.165, 1.54) is 37.7 Å². The highest BCUT2D eigenvalue weighted by Gasteiger charge is 2.36. The van der Waals surface area contributed by atoms with Crippen molar-refractivity contribution in [2.24, 2.45) is 17.8 Å². The molecule has 2 unspecified atom stereocenters. The normalized spacial score (nSPS) is 26.8. The Balaban J connectivity index is 2.53. The summed E-state index contributed by atoms with van der Waals surface area (Å²) in [6, 6.07) is 4.86. The number of rotatable bonds is 7. The van der Waals surface area contributed by atoms with Crippen LogP contribution in [0.4, 0.5) is 0 Å². The Morgan fingerprint density at radius 2 is 1.45 bits per heavy atom. The summed E-state index contributed by atoms with van der Waals surface area (Å²) in [5.41, 5.74) is 1.06. The van der Waals surface area contributed by atoms with E-state index in [4.69, 9.17) is 9.47 Å². The molecule has 0 fully saturated rings. The molecule has 14 nitrogen and oxygen atoms in total. The van der Waals surface area contributed by atoms with Gasteiger partial charge in [0, 0.05) is 26.1 Å². The van der Waals surface area contributed by atoms with Crippen molar-refractivity contribution < 1.29 is 43.0 Å². The average molecular weight is 784 g/mol. The first kappa shape index (κ1) is 47.4. The maximum absolute atomic E-state index is 14.1. The van der Waals surface area contributed by atoms with Gasteiger partial charge in [-0.25, -0.2) is 9.59 Å². The van der Waals surface area contributed by atoms with Crippen LogP contribution in [0.5, 0.6) is 0 Å². The number of carbonyl (C=O) groups excluding carboxylic acids is 7. The predicted octanol–water partition coefficient (Wildman–Crippen LogP) is 3.71. The van der Waals surface area contributed by atoms with Crippen LogP contribution < -0.4 is 16.0 Å². The summed E-state index contributed by atoms with van der Waals surface area (Å²) in [4.78, 5) is 97.3. The number of hydrogen-bond donors (Lipinski definition) is 3. The number of benzene rings is 1. The molecule has 7 atom stereocenters. The van der Waals surface area contributed by atoms with E-state index < -0.39 is 84.4 Å². The maximum Gasteiger partial charge on any atom is 0.334 e. The quantitative estimate of drug-likeness (QED) is 0.348. The molecule has 14 heteroatoms. The van der Waals surface area contributed by atoms with Crippen molar-refractivity contribution in [2.75, 3.05) is 20.6 Å². The van der Waals surface area contributed by atoms with Crippen molar-refractivity contribution in [3.05, 3.63) is 47.5 Å². The molecule has 0 aliphatic carbocycles. The summed E-state index contributed by atoms with van der Waals surface area (Å²) < 4.78 is 11.5. The highest BCUT2D eigenvalue weighted by atomic mass is 16.6. The van der Waals surface area contributed by atoms with Crippen LogP contribution in [0.15, 0.2) is 42.0 Å². The largest absolute Gasteiger partial charge is 0.461 e. The topological polar surface area (TPSA) is 181 Å². The van der Waals surface area contributed by atoms with E-state index in [0.717, 1.165) is 5.56 Å². The molecule has 1 aromatic carbocycles. The van der Waals surface area contributed by atoms with E-state index in [1.807, 2.05) is 52.8 Å². The molecular weight excluding hydrogens is 718 g/mol. The second-order valence-electron chi connectivity index (χ2n) is 15.8. The van der Waals surface area contributed by atoms with Gasteiger partial charge in [0.15, 0.2) is 6.10 Å². The van der Waals surface area contributed by atoms with Gasteiger partial charge in [0.25, 0.3) is 5.91 Å². The van der Waals surface area contributed by atoms with Crippen molar-refractivity contribution in [3.63, 3.8) is 0 Å². The van der Waals surface area contributed by atoms with E-state index in [2.05, 4.69) is 16.0 Å². The summed E-state index contributed by atoms with van der Waals surface area (Å²) in [6.07, 6.45) is 2.47. The Bertz CT molecular complexity index is 1550. The van der Waals surface area contributed by atoms with E-state index in [1.54, 1.807) is 32.1 Å². The number of amides is 5. The minimum absolute atomic E-state index is 0.0235. The molecule has 1 aliphatic rings. The lowest BCUT2D eigenvalue weighted by Gasteiger charge is -2.33. The van der Waals surface area contributed by atoms with Crippen LogP contribution >= 0.6 is 0 Å². The minimum atomic E-state index is -1.18. The molecule has 0 saturated heterocycles. The van der Waals surface area contributed by atoms with Crippen LogP contribution in [0.1, 0.15) is 100.0 Å². The zero-order chi connectivity index (χ0) is 42.3. The third-order valence-corrected chi connectivity index (χ3v) is 10.1. The molecular formula is C42H65N5O9. The van der Waals surface area contributed by atoms with Gasteiger partial charge in [-0.3, -0.25) is 24.0 Å². The predicted molar refractivity (Wildman–Crippen MR) is 213 cm³/mol. The molecule has 1 aliphatic heterocycles. The third kappa shape index (κ3) is 14.7. The lowest BCUT2D eigenvalue weighted by Crippen LogP contribution is -2.57. The van der Waals surface area contributed by atoms with Crippen LogP contribution in [-0.2, 0) is 49.5 Å². The number of ether oxygens (including phenoxy) is 2. The summed E-state index contributed by atoms with van der Waals surface area (Å²) in [5.74, 6) is -4.62. The van der Waals surface area contributed by atoms with E-state index in [0.29, 0.717) is 31.3 Å². The summed E-state index contributed by atoms with van der Waals surface area (Å²) in [5, 5.41) is 8.12. The molecule has 56 heavy (non-hydrogen) atoms. The number of hydrogen-bond acceptors (Lipinski definition) is 9. The number of likely N-dealkylation sites (N-methyl/N-ethyl adjacent to an activating group) is 2. The molecule has 0 spiro atoms. The molecule has 0 radical (unpaired) electrons. The van der Waals surface area contributed by atoms with Crippen molar-refractivity contribution in [1.29, 1.82) is 0 Å². The number of nitrogens with zero attached hydrogens (tertiary/aromatic N) is 2. The second kappa shape index (κ2) is 22.7. The first-order valence-corrected chi connectivity index (χ1v) is 19.8. The average Bonchev–Trinajstić information content (AvgIpc) is 3.14. The molecule has 0 saturated carbocycles. The fourth-order valence-corrected chi connectivity index (χ4v) is 6.24. The molecule has 0 bridgehead atoms. The van der Waals surface area contributed by atoms with Gasteiger partial charge in [-0.05, 0) is 69.8 Å². The fraction of sp³-hybridized carbons (Fsp3) is 0.643. The van der Waals surface area contributed by atoms with E-state index in [-0.39, 0.29) is 30.6 Å². The zero-order valence-electron chi connectivity index (χ0n) is 35.2. The number of carbonyl (C=O) groups is 7. The lowest BCUT2D eigenvalue weighted by atomic mass is 9.98. The smallest absolute Gasteiger partial charge is 0.334 e. The van der Waals surface area contributed by atoms with Crippen LogP contribution in [0.3, 0.4) is 0 Å². The maximum atomic E-state index is 14.1. The number of nitrogens with one attached hydrogen (secondary N) is 3. The number of allylic oxidation sites excluding steroid dienone is 1. The molecule has 0 aromatic heterocycles. The van der Waals surface area contributed by atoms with Crippen LogP contribution in [-0.4, -0.2) is 108 Å². The minimum Gasteiger partial charge on any atom is -0.461 e. The van der Waals surface area contributed by atoms with E-state index >= 15 is 0 Å². The second-order valence-corrected chi connectivity index (χ2v) is 15.8. The van der Waals surface area contributed by atoms with Crippen molar-refractivity contribution in [3.8, 4) is 0 Å². The molecule has 1 aromatic rings. The lowest BCUT2D eigenvalue weighted by molar-refractivity contribution is -0.155. The van der Waals surface area contributed by atoms with Crippen molar-refractivity contribution >= 4 is 41.5 Å². The molecule has 2 rings (SSSR count). The number of esters is 2. The molecule has 5 amide bonds. The van der Waals surface area contributed by atoms with Gasteiger partial charge in [-0.2, -0.15) is 0 Å². The monoisotopic (exact) mass is 783 g/mol. The SMILES string of the molecule is CCC(C)C1NC(=O)CN(C)C(=O)[C@@H](Cc2ccccc2)N(C)C(=O)[C@H](C)NC(=O)[C@@H](CC(C)C)OC(=O)/C(C)=C/CCC[C@H](C(C)C)OC(=O)[C@@H](C)NC1=O. The fourth-order valence-electron chi connectivity index (χ4n) is 6.24. The Morgan fingerprint density at radius 3 is 2.04 bits per heavy atom. The number of cyclic esters (lactones) is 2. The first-order valence-electron chi connectivity index (χ1n) is 19.8. The van der Waals surface area contributed by atoms with Gasteiger partial charge in [0.05, 0.1) is 6.54 Å². The van der Waals surface area contributed by atoms with Gasteiger partial charge in [-0.15, -0.1) is 0 Å². The molecule has 3 N–H and O–H groups in total. The zero-order valence-corrected chi connectivity index (χ0v) is 35.2. The summed E-state index contributed by atoms with van der Waals surface area (Å²) >= 11 is 0. The standard InChI is InChI=1S/C42H65N5O9/c1-12-27(6)36-38(50)44-30(9)42(54)55-33(26(4)5)21-17-16-18-28(7)41(53)56-34(22-25(2)3)37(49)43-29(8)39(51)47(11)32(23-31-19-14-13-15-20-31)40(52)46(10)24-35(48)45-36/h13-15,18-20,25-27,29-30,32-34,36H,12,16-17,21-24H2,1-11H3,(H,43,49)(H,44,50)(H,45,48)/b28-18+/t27?,29-,30+,32+,33+,34+,36?/m0/s1. The van der Waals surface area contributed by atoms with Crippen LogP contribution in [0.25, 0.3) is 0 Å². The van der Waals surface area contributed by atoms with Crippen molar-refractivity contribution in [2.45, 2.75) is 137 Å². The third-order valence-electron chi connectivity index (χ3n) is 10.1.